The third-order valence-electron chi connectivity index (χ3n) is 9.19. The number of carbonyl (C=O) groups excluding carboxylic acids is 2. The van der Waals surface area contributed by atoms with E-state index < -0.39 is 34.5 Å². The molecule has 3 aliphatic carbocycles. The Hall–Kier alpha value is -3.65. The fraction of sp³-hybridized carbons (Fsp3) is 0.469. The molecule has 2 fully saturated rings. The number of carboxylic acids is 1. The number of hydrogen-bond acceptors (Lipinski definition) is 7. The van der Waals surface area contributed by atoms with E-state index in [1.54, 1.807) is 12.2 Å². The lowest BCUT2D eigenvalue weighted by Crippen LogP contribution is -2.72. The van der Waals surface area contributed by atoms with Crippen LogP contribution in [0, 0.1) is 11.8 Å². The summed E-state index contributed by atoms with van der Waals surface area (Å²) in [6, 6.07) is 0. The molecule has 1 spiro atoms. The minimum Gasteiger partial charge on any atom is -0.506 e. The summed E-state index contributed by atoms with van der Waals surface area (Å²) in [5, 5.41) is 21.0. The zero-order valence-electron chi connectivity index (χ0n) is 23.6. The topological polar surface area (TPSA) is 119 Å². The summed E-state index contributed by atoms with van der Waals surface area (Å²) in [4.78, 5) is 40.2. The number of allylic oxidation sites excluding steroid dienone is 3. The summed E-state index contributed by atoms with van der Waals surface area (Å²) < 4.78 is 19.8. The SMILES string of the molecule is CC(C)=CCc1c2c(c(O)c3c1OC14C(=CC5CC1C(C)(C)OC4(CC=C(C)C(=O)O)C5=O)C3=O)C=CC(C)O2. The van der Waals surface area contributed by atoms with E-state index in [-0.39, 0.29) is 46.9 Å². The van der Waals surface area contributed by atoms with Crippen molar-refractivity contribution in [2.24, 2.45) is 11.8 Å². The number of aliphatic carboxylic acids is 1. The van der Waals surface area contributed by atoms with Crippen LogP contribution in [0.5, 0.6) is 17.2 Å². The summed E-state index contributed by atoms with van der Waals surface area (Å²) >= 11 is 0. The van der Waals surface area contributed by atoms with E-state index in [2.05, 4.69) is 0 Å². The van der Waals surface area contributed by atoms with Gasteiger partial charge in [0.1, 0.15) is 28.9 Å². The zero-order valence-corrected chi connectivity index (χ0v) is 23.6. The number of phenols is 1. The van der Waals surface area contributed by atoms with E-state index in [1.165, 1.54) is 13.0 Å². The Labute approximate surface area is 233 Å². The van der Waals surface area contributed by atoms with Crippen molar-refractivity contribution in [2.45, 2.75) is 83.7 Å². The minimum absolute atomic E-state index is 0.0557. The number of hydrogen-bond donors (Lipinski definition) is 2. The second-order valence-electron chi connectivity index (χ2n) is 12.4. The van der Waals surface area contributed by atoms with Crippen LogP contribution < -0.4 is 9.47 Å². The van der Waals surface area contributed by atoms with E-state index in [0.717, 1.165) is 5.57 Å². The fourth-order valence-corrected chi connectivity index (χ4v) is 7.34. The van der Waals surface area contributed by atoms with E-state index >= 15 is 0 Å². The van der Waals surface area contributed by atoms with Crippen molar-refractivity contribution in [3.63, 3.8) is 0 Å². The summed E-state index contributed by atoms with van der Waals surface area (Å²) in [5.74, 6) is -2.25. The van der Waals surface area contributed by atoms with Gasteiger partial charge in [-0.2, -0.15) is 0 Å². The predicted molar refractivity (Wildman–Crippen MR) is 147 cm³/mol. The largest absolute Gasteiger partial charge is 0.506 e. The van der Waals surface area contributed by atoms with Crippen molar-refractivity contribution in [3.8, 4) is 17.2 Å². The fourth-order valence-electron chi connectivity index (χ4n) is 7.34. The smallest absolute Gasteiger partial charge is 0.330 e. The molecule has 0 radical (unpaired) electrons. The molecular weight excluding hydrogens is 512 g/mol. The van der Waals surface area contributed by atoms with Gasteiger partial charge >= 0.3 is 5.97 Å². The van der Waals surface area contributed by atoms with Crippen LogP contribution in [0.25, 0.3) is 6.08 Å². The van der Waals surface area contributed by atoms with Crippen molar-refractivity contribution >= 4 is 23.6 Å². The van der Waals surface area contributed by atoms with Crippen LogP contribution in [-0.2, 0) is 20.7 Å². The molecule has 2 N–H and O–H groups in total. The van der Waals surface area contributed by atoms with Crippen LogP contribution in [0.15, 0.2) is 41.0 Å². The van der Waals surface area contributed by atoms with Gasteiger partial charge in [-0.3, -0.25) is 9.59 Å². The van der Waals surface area contributed by atoms with Gasteiger partial charge in [-0.25, -0.2) is 4.79 Å². The van der Waals surface area contributed by atoms with Crippen molar-refractivity contribution < 1.29 is 38.8 Å². The molecule has 5 unspecified atom stereocenters. The maximum absolute atomic E-state index is 14.5. The summed E-state index contributed by atoms with van der Waals surface area (Å²) in [5.41, 5.74) is -1.42. The van der Waals surface area contributed by atoms with Crippen LogP contribution in [0.3, 0.4) is 0 Å². The number of Topliss-reactive ketones (excluding diaryl/α,β-unsaturated/α-hetero) is 2. The molecule has 7 rings (SSSR count). The molecule has 3 heterocycles. The number of phenolic OH excluding ortho intramolecular Hbond substituents is 1. The number of benzene rings is 1. The number of ether oxygens (including phenoxy) is 3. The molecule has 1 saturated carbocycles. The molecule has 210 valence electrons. The highest BCUT2D eigenvalue weighted by atomic mass is 16.6. The number of rotatable bonds is 5. The highest BCUT2D eigenvalue weighted by Gasteiger charge is 2.81. The first-order valence-corrected chi connectivity index (χ1v) is 13.8. The van der Waals surface area contributed by atoms with Crippen molar-refractivity contribution in [1.82, 2.24) is 0 Å². The van der Waals surface area contributed by atoms with Gasteiger partial charge in [0.25, 0.3) is 0 Å². The van der Waals surface area contributed by atoms with Crippen molar-refractivity contribution in [1.29, 1.82) is 0 Å². The summed E-state index contributed by atoms with van der Waals surface area (Å²) in [6.07, 6.45) is 9.26. The number of aromatic hydroxyl groups is 1. The normalized spacial score (nSPS) is 32.4. The number of carboxylic acid groups (broad SMARTS) is 1. The highest BCUT2D eigenvalue weighted by molar-refractivity contribution is 6.19. The van der Waals surface area contributed by atoms with Crippen LogP contribution >= 0.6 is 0 Å². The first kappa shape index (κ1) is 26.6. The van der Waals surface area contributed by atoms with E-state index in [1.807, 2.05) is 46.8 Å². The average Bonchev–Trinajstić information content (AvgIpc) is 3.03. The standard InChI is InChI=1S/C32H34O8/c1-15(2)7-9-20-26-19(10-8-17(4)38-26)24(33)23-25(34)21-13-18-14-22-30(5,6)40-31(28(18)35,12-11-16(3)29(36)37)32(21,22)39-27(20)23/h7-8,10-11,13,17-18,22,33H,9,12,14H2,1-6H3,(H,36,37). The van der Waals surface area contributed by atoms with Gasteiger partial charge in [0.2, 0.25) is 0 Å². The average molecular weight is 547 g/mol. The van der Waals surface area contributed by atoms with E-state index in [9.17, 15) is 24.6 Å². The lowest BCUT2D eigenvalue weighted by atomic mass is 9.51. The van der Waals surface area contributed by atoms with Crippen molar-refractivity contribution in [3.05, 3.63) is 57.7 Å². The van der Waals surface area contributed by atoms with Gasteiger partial charge in [0.15, 0.2) is 22.8 Å². The monoisotopic (exact) mass is 546 g/mol. The van der Waals surface area contributed by atoms with Gasteiger partial charge in [-0.1, -0.05) is 23.8 Å². The Morgan fingerprint density at radius 1 is 1.15 bits per heavy atom. The van der Waals surface area contributed by atoms with Crippen LogP contribution in [0.4, 0.5) is 0 Å². The number of ketones is 2. The lowest BCUT2D eigenvalue weighted by Gasteiger charge is -2.56. The molecule has 40 heavy (non-hydrogen) atoms. The van der Waals surface area contributed by atoms with E-state index in [0.29, 0.717) is 35.3 Å². The Bertz CT molecular complexity index is 1520. The number of carbonyl (C=O) groups is 3. The Kier molecular flexibility index (Phi) is 5.60. The van der Waals surface area contributed by atoms with Crippen LogP contribution in [0.1, 0.15) is 75.9 Å². The third kappa shape index (κ3) is 3.25. The Morgan fingerprint density at radius 3 is 2.55 bits per heavy atom. The maximum atomic E-state index is 14.5. The molecule has 0 aromatic heterocycles. The third-order valence-corrected chi connectivity index (χ3v) is 9.19. The molecule has 6 aliphatic rings. The minimum atomic E-state index is -1.61. The lowest BCUT2D eigenvalue weighted by molar-refractivity contribution is -0.171. The van der Waals surface area contributed by atoms with Gasteiger partial charge < -0.3 is 24.4 Å². The Morgan fingerprint density at radius 2 is 1.88 bits per heavy atom. The number of fused-ring (bicyclic) bond motifs is 2. The molecule has 1 saturated heterocycles. The zero-order chi connectivity index (χ0) is 28.9. The second-order valence-corrected chi connectivity index (χ2v) is 12.4. The molecule has 8 heteroatoms. The van der Waals surface area contributed by atoms with Gasteiger partial charge in [-0.05, 0) is 66.5 Å². The maximum Gasteiger partial charge on any atom is 0.330 e. The van der Waals surface area contributed by atoms with E-state index in [4.69, 9.17) is 14.2 Å². The summed E-state index contributed by atoms with van der Waals surface area (Å²) in [6.45, 7) is 11.1. The highest BCUT2D eigenvalue weighted by Crippen LogP contribution is 2.68. The van der Waals surface area contributed by atoms with Crippen LogP contribution in [-0.4, -0.2) is 50.7 Å². The predicted octanol–water partition coefficient (Wildman–Crippen LogP) is 5.12. The molecule has 1 aromatic carbocycles. The molecular formula is C32H34O8. The molecule has 8 nitrogen and oxygen atoms in total. The van der Waals surface area contributed by atoms with Crippen LogP contribution in [0.2, 0.25) is 0 Å². The summed E-state index contributed by atoms with van der Waals surface area (Å²) in [7, 11) is 0. The van der Waals surface area contributed by atoms with Gasteiger partial charge in [0, 0.05) is 35.0 Å². The van der Waals surface area contributed by atoms with Gasteiger partial charge in [-0.15, -0.1) is 0 Å². The molecule has 5 atom stereocenters. The molecule has 3 aliphatic heterocycles. The molecule has 0 amide bonds. The quantitative estimate of drug-likeness (QED) is 0.386. The first-order valence-electron chi connectivity index (χ1n) is 13.8. The Balaban J connectivity index is 1.65. The molecule has 4 bridgehead atoms. The van der Waals surface area contributed by atoms with Gasteiger partial charge in [0.05, 0.1) is 11.2 Å². The van der Waals surface area contributed by atoms with Crippen molar-refractivity contribution in [2.75, 3.05) is 0 Å². The first-order chi connectivity index (χ1) is 18.7. The molecule has 1 aromatic rings. The second kappa shape index (κ2) is 8.43.